The lowest BCUT2D eigenvalue weighted by Gasteiger charge is -2.17. The molecule has 1 nitrogen and oxygen atoms in total. The quantitative estimate of drug-likeness (QED) is 0.763. The van der Waals surface area contributed by atoms with E-state index >= 15 is 0 Å². The first-order chi connectivity index (χ1) is 7.60. The van der Waals surface area contributed by atoms with Crippen molar-refractivity contribution in [1.29, 1.82) is 0 Å². The van der Waals surface area contributed by atoms with Gasteiger partial charge in [0.1, 0.15) is 17.5 Å². The van der Waals surface area contributed by atoms with Crippen LogP contribution >= 0.6 is 0 Å². The Balaban J connectivity index is 3.04. The summed E-state index contributed by atoms with van der Waals surface area (Å²) in [6.07, 6.45) is 2.81. The standard InChI is InChI=1S/C12H14F3N/c1-3-4-5-11(16-2)12-9(14)6-8(13)7-10(12)15/h3,6-7,11,16H,1,4-5H2,2H3. The Labute approximate surface area is 93.0 Å². The topological polar surface area (TPSA) is 12.0 Å². The van der Waals surface area contributed by atoms with Gasteiger partial charge in [-0.2, -0.15) is 0 Å². The van der Waals surface area contributed by atoms with Crippen molar-refractivity contribution < 1.29 is 13.2 Å². The summed E-state index contributed by atoms with van der Waals surface area (Å²) in [5.41, 5.74) is -0.120. The molecular weight excluding hydrogens is 215 g/mol. The number of nitrogens with one attached hydrogen (secondary N) is 1. The summed E-state index contributed by atoms with van der Waals surface area (Å²) in [4.78, 5) is 0. The molecular formula is C12H14F3N. The van der Waals surface area contributed by atoms with Crippen LogP contribution in [0.2, 0.25) is 0 Å². The van der Waals surface area contributed by atoms with Gasteiger partial charge in [0.25, 0.3) is 0 Å². The molecule has 1 aromatic carbocycles. The summed E-state index contributed by atoms with van der Waals surface area (Å²) in [6, 6.07) is 0.909. The average Bonchev–Trinajstić information content (AvgIpc) is 2.21. The Morgan fingerprint density at radius 1 is 1.31 bits per heavy atom. The summed E-state index contributed by atoms with van der Waals surface area (Å²) in [5, 5.41) is 2.80. The van der Waals surface area contributed by atoms with E-state index in [4.69, 9.17) is 0 Å². The van der Waals surface area contributed by atoms with Gasteiger partial charge in [-0.3, -0.25) is 0 Å². The van der Waals surface area contributed by atoms with Gasteiger partial charge in [0.05, 0.1) is 0 Å². The largest absolute Gasteiger partial charge is 0.313 e. The molecule has 0 aromatic heterocycles. The first-order valence-electron chi connectivity index (χ1n) is 5.02. The van der Waals surface area contributed by atoms with Crippen LogP contribution in [0.3, 0.4) is 0 Å². The van der Waals surface area contributed by atoms with Gasteiger partial charge in [-0.05, 0) is 19.9 Å². The zero-order chi connectivity index (χ0) is 12.1. The van der Waals surface area contributed by atoms with Gasteiger partial charge in [0, 0.05) is 23.7 Å². The number of benzene rings is 1. The van der Waals surface area contributed by atoms with Crippen molar-refractivity contribution in [2.24, 2.45) is 0 Å². The minimum atomic E-state index is -0.905. The molecule has 0 fully saturated rings. The van der Waals surface area contributed by atoms with E-state index in [1.165, 1.54) is 0 Å². The Bertz CT molecular complexity index is 354. The van der Waals surface area contributed by atoms with Crippen LogP contribution in [0.5, 0.6) is 0 Å². The molecule has 1 atom stereocenters. The van der Waals surface area contributed by atoms with Gasteiger partial charge in [-0.25, -0.2) is 13.2 Å². The van der Waals surface area contributed by atoms with Crippen LogP contribution in [0.1, 0.15) is 24.4 Å². The first-order valence-corrected chi connectivity index (χ1v) is 5.02. The molecule has 1 rings (SSSR count). The van der Waals surface area contributed by atoms with Crippen LogP contribution < -0.4 is 5.32 Å². The predicted molar refractivity (Wildman–Crippen MR) is 57.5 cm³/mol. The number of hydrogen-bond donors (Lipinski definition) is 1. The fraction of sp³-hybridized carbons (Fsp3) is 0.333. The maximum absolute atomic E-state index is 13.4. The van der Waals surface area contributed by atoms with Crippen LogP contribution in [-0.2, 0) is 0 Å². The third-order valence-corrected chi connectivity index (χ3v) is 2.40. The molecule has 0 aliphatic heterocycles. The maximum Gasteiger partial charge on any atom is 0.133 e. The van der Waals surface area contributed by atoms with E-state index in [-0.39, 0.29) is 5.56 Å². The van der Waals surface area contributed by atoms with Crippen LogP contribution in [0.15, 0.2) is 24.8 Å². The summed E-state index contributed by atoms with van der Waals surface area (Å²) in [7, 11) is 1.61. The second-order valence-corrected chi connectivity index (χ2v) is 3.49. The van der Waals surface area contributed by atoms with Crippen molar-refractivity contribution in [2.45, 2.75) is 18.9 Å². The monoisotopic (exact) mass is 229 g/mol. The molecule has 1 aromatic rings. The van der Waals surface area contributed by atoms with Crippen molar-refractivity contribution in [2.75, 3.05) is 7.05 Å². The number of allylic oxidation sites excluding steroid dienone is 1. The summed E-state index contributed by atoms with van der Waals surface area (Å²) >= 11 is 0. The van der Waals surface area contributed by atoms with E-state index in [2.05, 4.69) is 11.9 Å². The van der Waals surface area contributed by atoms with E-state index in [0.717, 1.165) is 0 Å². The van der Waals surface area contributed by atoms with Crippen LogP contribution in [0, 0.1) is 17.5 Å². The highest BCUT2D eigenvalue weighted by Crippen LogP contribution is 2.25. The first kappa shape index (κ1) is 12.8. The zero-order valence-corrected chi connectivity index (χ0v) is 9.06. The highest BCUT2D eigenvalue weighted by molar-refractivity contribution is 5.24. The molecule has 0 saturated heterocycles. The lowest BCUT2D eigenvalue weighted by atomic mass is 10.0. The molecule has 0 heterocycles. The lowest BCUT2D eigenvalue weighted by molar-refractivity contribution is 0.462. The van der Waals surface area contributed by atoms with Crippen molar-refractivity contribution in [3.63, 3.8) is 0 Å². The van der Waals surface area contributed by atoms with Crippen LogP contribution in [0.4, 0.5) is 13.2 Å². The Morgan fingerprint density at radius 2 is 1.88 bits per heavy atom. The van der Waals surface area contributed by atoms with Gasteiger partial charge < -0.3 is 5.32 Å². The van der Waals surface area contributed by atoms with Gasteiger partial charge in [-0.15, -0.1) is 6.58 Å². The molecule has 0 radical (unpaired) electrons. The molecule has 0 saturated carbocycles. The van der Waals surface area contributed by atoms with Crippen LogP contribution in [-0.4, -0.2) is 7.05 Å². The van der Waals surface area contributed by atoms with E-state index in [1.807, 2.05) is 0 Å². The lowest BCUT2D eigenvalue weighted by Crippen LogP contribution is -2.19. The van der Waals surface area contributed by atoms with Gasteiger partial charge in [-0.1, -0.05) is 6.08 Å². The molecule has 88 valence electrons. The molecule has 0 amide bonds. The fourth-order valence-electron chi connectivity index (χ4n) is 1.60. The van der Waals surface area contributed by atoms with E-state index in [1.54, 1.807) is 13.1 Å². The van der Waals surface area contributed by atoms with E-state index in [0.29, 0.717) is 25.0 Å². The number of hydrogen-bond acceptors (Lipinski definition) is 1. The van der Waals surface area contributed by atoms with Crippen molar-refractivity contribution >= 4 is 0 Å². The minimum absolute atomic E-state index is 0.120. The fourth-order valence-corrected chi connectivity index (χ4v) is 1.60. The molecule has 0 bridgehead atoms. The third kappa shape index (κ3) is 2.85. The smallest absolute Gasteiger partial charge is 0.133 e. The Kier molecular flexibility index (Phi) is 4.55. The second kappa shape index (κ2) is 5.70. The molecule has 0 aliphatic carbocycles. The van der Waals surface area contributed by atoms with Crippen molar-refractivity contribution in [3.05, 3.63) is 47.8 Å². The second-order valence-electron chi connectivity index (χ2n) is 3.49. The van der Waals surface area contributed by atoms with Crippen LogP contribution in [0.25, 0.3) is 0 Å². The molecule has 16 heavy (non-hydrogen) atoms. The Morgan fingerprint density at radius 3 is 2.31 bits per heavy atom. The molecule has 0 aliphatic rings. The highest BCUT2D eigenvalue weighted by atomic mass is 19.1. The highest BCUT2D eigenvalue weighted by Gasteiger charge is 2.19. The normalized spacial score (nSPS) is 12.5. The Hall–Kier alpha value is -1.29. The van der Waals surface area contributed by atoms with Gasteiger partial charge >= 0.3 is 0 Å². The number of rotatable bonds is 5. The number of halogens is 3. The van der Waals surface area contributed by atoms with E-state index < -0.39 is 23.5 Å². The maximum atomic E-state index is 13.4. The SMILES string of the molecule is C=CCCC(NC)c1c(F)cc(F)cc1F. The average molecular weight is 229 g/mol. The molecule has 0 spiro atoms. The van der Waals surface area contributed by atoms with Crippen molar-refractivity contribution in [3.8, 4) is 0 Å². The molecule has 4 heteroatoms. The zero-order valence-electron chi connectivity index (χ0n) is 9.06. The molecule has 1 N–H and O–H groups in total. The van der Waals surface area contributed by atoms with Gasteiger partial charge in [0.15, 0.2) is 0 Å². The predicted octanol–water partition coefficient (Wildman–Crippen LogP) is 3.33. The minimum Gasteiger partial charge on any atom is -0.313 e. The summed E-state index contributed by atoms with van der Waals surface area (Å²) in [6.45, 7) is 3.54. The van der Waals surface area contributed by atoms with Crippen molar-refractivity contribution in [1.82, 2.24) is 5.32 Å². The van der Waals surface area contributed by atoms with Gasteiger partial charge in [0.2, 0.25) is 0 Å². The third-order valence-electron chi connectivity index (χ3n) is 2.40. The van der Waals surface area contributed by atoms with E-state index in [9.17, 15) is 13.2 Å². The molecule has 1 unspecified atom stereocenters. The summed E-state index contributed by atoms with van der Waals surface area (Å²) < 4.78 is 39.6. The summed E-state index contributed by atoms with van der Waals surface area (Å²) in [5.74, 6) is -2.63.